The summed E-state index contributed by atoms with van der Waals surface area (Å²) in [6, 6.07) is 4.25. The van der Waals surface area contributed by atoms with Crippen LogP contribution >= 0.6 is 0 Å². The highest BCUT2D eigenvalue weighted by Crippen LogP contribution is 2.31. The van der Waals surface area contributed by atoms with Crippen molar-refractivity contribution in [3.63, 3.8) is 0 Å². The van der Waals surface area contributed by atoms with E-state index in [0.29, 0.717) is 18.2 Å². The van der Waals surface area contributed by atoms with Gasteiger partial charge in [0.15, 0.2) is 0 Å². The number of nitrogens with one attached hydrogen (secondary N) is 1. The number of imidazole rings is 1. The Labute approximate surface area is 137 Å². The molecule has 5 nitrogen and oxygen atoms in total. The first-order valence-corrected chi connectivity index (χ1v) is 8.38. The topological polar surface area (TPSA) is 59.8 Å². The summed E-state index contributed by atoms with van der Waals surface area (Å²) < 4.78 is 2.37. The molecule has 1 aliphatic carbocycles. The molecule has 122 valence electrons. The van der Waals surface area contributed by atoms with Crippen LogP contribution in [0.15, 0.2) is 24.5 Å². The Hall–Kier alpha value is -2.17. The molecule has 2 heterocycles. The van der Waals surface area contributed by atoms with Gasteiger partial charge >= 0.3 is 0 Å². The van der Waals surface area contributed by atoms with E-state index >= 15 is 0 Å². The molecule has 1 fully saturated rings. The van der Waals surface area contributed by atoms with Crippen LogP contribution in [0.5, 0.6) is 0 Å². The van der Waals surface area contributed by atoms with Crippen LogP contribution < -0.4 is 5.32 Å². The molecule has 1 saturated carbocycles. The van der Waals surface area contributed by atoms with E-state index in [4.69, 9.17) is 0 Å². The van der Waals surface area contributed by atoms with Gasteiger partial charge in [-0.15, -0.1) is 0 Å². The fourth-order valence-electron chi connectivity index (χ4n) is 3.33. The molecule has 2 aromatic rings. The summed E-state index contributed by atoms with van der Waals surface area (Å²) in [5.74, 6) is 1.00. The van der Waals surface area contributed by atoms with E-state index in [1.807, 2.05) is 19.2 Å². The van der Waals surface area contributed by atoms with Crippen LogP contribution in [0.1, 0.15) is 59.3 Å². The quantitative estimate of drug-likeness (QED) is 0.923. The van der Waals surface area contributed by atoms with Crippen LogP contribution in [-0.2, 0) is 6.42 Å². The Morgan fingerprint density at radius 3 is 2.70 bits per heavy atom. The van der Waals surface area contributed by atoms with Gasteiger partial charge in [-0.25, -0.2) is 4.98 Å². The zero-order valence-electron chi connectivity index (χ0n) is 13.9. The Kier molecular flexibility index (Phi) is 4.74. The molecular formula is C18H24N4O. The number of carbonyl (C=O) groups excluding carboxylic acids is 1. The summed E-state index contributed by atoms with van der Waals surface area (Å²) in [4.78, 5) is 20.8. The maximum absolute atomic E-state index is 12.1. The normalized spacial score (nSPS) is 15.0. The molecule has 0 aliphatic heterocycles. The molecule has 0 unspecified atom stereocenters. The average molecular weight is 312 g/mol. The predicted octanol–water partition coefficient (Wildman–Crippen LogP) is 2.98. The van der Waals surface area contributed by atoms with E-state index in [2.05, 4.69) is 26.8 Å². The van der Waals surface area contributed by atoms with Crippen molar-refractivity contribution < 1.29 is 4.79 Å². The molecule has 0 aromatic carbocycles. The molecule has 0 radical (unpaired) electrons. The van der Waals surface area contributed by atoms with Gasteiger partial charge in [0.1, 0.15) is 5.82 Å². The lowest BCUT2D eigenvalue weighted by Crippen LogP contribution is -2.27. The molecule has 0 spiro atoms. The molecule has 1 N–H and O–H groups in total. The minimum Gasteiger partial charge on any atom is -0.352 e. The second-order valence-corrected chi connectivity index (χ2v) is 6.32. The molecule has 5 heteroatoms. The van der Waals surface area contributed by atoms with E-state index in [-0.39, 0.29) is 5.91 Å². The highest BCUT2D eigenvalue weighted by Gasteiger charge is 2.21. The fourth-order valence-corrected chi connectivity index (χ4v) is 3.33. The number of nitrogens with zero attached hydrogens (tertiary/aromatic N) is 3. The lowest BCUT2D eigenvalue weighted by atomic mass is 10.2. The summed E-state index contributed by atoms with van der Waals surface area (Å²) in [6.45, 7) is 4.62. The number of carbonyl (C=O) groups is 1. The van der Waals surface area contributed by atoms with Crippen molar-refractivity contribution in [2.75, 3.05) is 6.54 Å². The van der Waals surface area contributed by atoms with E-state index < -0.39 is 0 Å². The summed E-state index contributed by atoms with van der Waals surface area (Å²) in [7, 11) is 0. The second-order valence-electron chi connectivity index (χ2n) is 6.32. The zero-order valence-corrected chi connectivity index (χ0v) is 13.9. The maximum Gasteiger partial charge on any atom is 0.252 e. The van der Waals surface area contributed by atoms with E-state index in [9.17, 15) is 4.79 Å². The second kappa shape index (κ2) is 6.94. The Balaban J connectivity index is 1.58. The number of hydrogen-bond acceptors (Lipinski definition) is 3. The maximum atomic E-state index is 12.1. The summed E-state index contributed by atoms with van der Waals surface area (Å²) in [6.07, 6.45) is 9.41. The van der Waals surface area contributed by atoms with Gasteiger partial charge in [0.05, 0.1) is 5.56 Å². The monoisotopic (exact) mass is 312 g/mol. The number of aromatic nitrogens is 3. The molecule has 1 amide bonds. The van der Waals surface area contributed by atoms with Gasteiger partial charge in [-0.2, -0.15) is 0 Å². The van der Waals surface area contributed by atoms with E-state index in [1.165, 1.54) is 31.4 Å². The molecule has 23 heavy (non-hydrogen) atoms. The molecule has 0 bridgehead atoms. The number of hydrogen-bond donors (Lipinski definition) is 1. The first-order chi connectivity index (χ1) is 11.1. The molecule has 0 atom stereocenters. The Morgan fingerprint density at radius 1 is 1.22 bits per heavy atom. The summed E-state index contributed by atoms with van der Waals surface area (Å²) in [5.41, 5.74) is 2.74. The first kappa shape index (κ1) is 15.7. The first-order valence-electron chi connectivity index (χ1n) is 8.38. The highest BCUT2D eigenvalue weighted by molar-refractivity contribution is 5.93. The van der Waals surface area contributed by atoms with E-state index in [1.54, 1.807) is 12.3 Å². The van der Waals surface area contributed by atoms with Crippen molar-refractivity contribution in [2.24, 2.45) is 0 Å². The van der Waals surface area contributed by atoms with E-state index in [0.717, 1.165) is 17.9 Å². The van der Waals surface area contributed by atoms with Crippen molar-refractivity contribution in [1.29, 1.82) is 0 Å². The van der Waals surface area contributed by atoms with Crippen molar-refractivity contribution >= 4 is 5.91 Å². The van der Waals surface area contributed by atoms with Crippen molar-refractivity contribution in [3.8, 4) is 0 Å². The number of amides is 1. The molecule has 3 rings (SSSR count). The smallest absolute Gasteiger partial charge is 0.252 e. The average Bonchev–Trinajstić information content (AvgIpc) is 3.17. The van der Waals surface area contributed by atoms with Crippen LogP contribution in [0.25, 0.3) is 0 Å². The third-order valence-electron chi connectivity index (χ3n) is 4.56. The zero-order chi connectivity index (χ0) is 16.2. The van der Waals surface area contributed by atoms with Gasteiger partial charge in [-0.3, -0.25) is 9.78 Å². The molecular weight excluding hydrogens is 288 g/mol. The van der Waals surface area contributed by atoms with Crippen LogP contribution in [0.2, 0.25) is 0 Å². The van der Waals surface area contributed by atoms with Crippen molar-refractivity contribution in [1.82, 2.24) is 19.9 Å². The third-order valence-corrected chi connectivity index (χ3v) is 4.56. The van der Waals surface area contributed by atoms with Gasteiger partial charge < -0.3 is 9.88 Å². The van der Waals surface area contributed by atoms with Crippen LogP contribution in [0.4, 0.5) is 0 Å². The number of pyridine rings is 1. The van der Waals surface area contributed by atoms with Crippen molar-refractivity contribution in [2.45, 2.75) is 52.0 Å². The van der Waals surface area contributed by atoms with Gasteiger partial charge in [-0.05, 0) is 38.8 Å². The standard InChI is InChI=1S/C18H24N4O/c1-13-7-8-15(12-20-13)18(23)19-10-9-17-21-11-14(2)22(17)16-5-3-4-6-16/h7-8,11-12,16H,3-6,9-10H2,1-2H3,(H,19,23). The number of rotatable bonds is 5. The Bertz CT molecular complexity index is 669. The number of aryl methyl sites for hydroxylation is 2. The lowest BCUT2D eigenvalue weighted by molar-refractivity contribution is 0.0953. The third kappa shape index (κ3) is 3.60. The largest absolute Gasteiger partial charge is 0.352 e. The van der Waals surface area contributed by atoms with Crippen molar-refractivity contribution in [3.05, 3.63) is 47.3 Å². The van der Waals surface area contributed by atoms with Gasteiger partial charge in [0.25, 0.3) is 5.91 Å². The van der Waals surface area contributed by atoms with Crippen LogP contribution in [0.3, 0.4) is 0 Å². The van der Waals surface area contributed by atoms with Crippen LogP contribution in [0, 0.1) is 13.8 Å². The minimum absolute atomic E-state index is 0.0757. The van der Waals surface area contributed by atoms with Crippen LogP contribution in [-0.4, -0.2) is 27.0 Å². The summed E-state index contributed by atoms with van der Waals surface area (Å²) >= 11 is 0. The van der Waals surface area contributed by atoms with Gasteiger partial charge in [0, 0.05) is 42.8 Å². The molecule has 1 aliphatic rings. The SMILES string of the molecule is Cc1ccc(C(=O)NCCc2ncc(C)n2C2CCCC2)cn1. The fraction of sp³-hybridized carbons (Fsp3) is 0.500. The minimum atomic E-state index is -0.0757. The lowest BCUT2D eigenvalue weighted by Gasteiger charge is -2.17. The summed E-state index contributed by atoms with van der Waals surface area (Å²) in [5, 5.41) is 2.96. The Morgan fingerprint density at radius 2 is 2.00 bits per heavy atom. The van der Waals surface area contributed by atoms with Gasteiger partial charge in [-0.1, -0.05) is 12.8 Å². The highest BCUT2D eigenvalue weighted by atomic mass is 16.1. The predicted molar refractivity (Wildman–Crippen MR) is 89.5 cm³/mol. The molecule has 2 aromatic heterocycles. The van der Waals surface area contributed by atoms with Gasteiger partial charge in [0.2, 0.25) is 0 Å². The molecule has 0 saturated heterocycles.